The Morgan fingerprint density at radius 1 is 0.833 bits per heavy atom. The number of rotatable bonds is 0. The van der Waals surface area contributed by atoms with Crippen LogP contribution in [-0.4, -0.2) is 0 Å². The van der Waals surface area contributed by atoms with Gasteiger partial charge in [0.05, 0.1) is 0 Å². The molecule has 0 unspecified atom stereocenters. The molecular weight excluding hydrogens is 181 g/mol. The van der Waals surface area contributed by atoms with Gasteiger partial charge in [0.15, 0.2) is 0 Å². The van der Waals surface area contributed by atoms with Crippen LogP contribution in [0, 0.1) is 23.7 Å². The second kappa shape index (κ2) is 5770. The summed E-state index contributed by atoms with van der Waals surface area (Å²) in [5, 5.41) is 12.5. The Hall–Kier alpha value is 0.123. The van der Waals surface area contributed by atoms with Crippen LogP contribution in [0.2, 0.25) is 0 Å². The van der Waals surface area contributed by atoms with Crippen molar-refractivity contribution in [3.05, 3.63) is 13.1 Å². The van der Waals surface area contributed by atoms with Crippen molar-refractivity contribution in [1.29, 1.82) is 10.5 Å². The van der Waals surface area contributed by atoms with Crippen LogP contribution in [0.25, 0.3) is 0 Å². The molecule has 0 atom stereocenters. The second-order valence-corrected chi connectivity index (χ2v) is 0. The molecule has 0 rings (SSSR count). The topological polar surface area (TPSA) is 47.6 Å². The van der Waals surface area contributed by atoms with E-state index in [1.807, 2.05) is 0 Å². The molecule has 0 aromatic rings. The van der Waals surface area contributed by atoms with E-state index in [9.17, 15) is 0 Å². The fraction of sp³-hybridized carbons (Fsp3) is 0. The zero-order valence-corrected chi connectivity index (χ0v) is 6.81. The minimum absolute atomic E-state index is 0. The van der Waals surface area contributed by atoms with E-state index in [0.717, 1.165) is 0 Å². The Morgan fingerprint density at radius 2 is 0.833 bits per heavy atom. The molecule has 0 aliphatic rings. The standard InChI is InChI=1S/2CN.Cu.Zn/c2*1-2;;/q2*-1;;+2. The second-order valence-electron chi connectivity index (χ2n) is 0. The van der Waals surface area contributed by atoms with Gasteiger partial charge in [0.2, 0.25) is 0 Å². The molecule has 0 bridgehead atoms. The van der Waals surface area contributed by atoms with Crippen LogP contribution in [0.15, 0.2) is 0 Å². The molecule has 4 heteroatoms. The Morgan fingerprint density at radius 3 is 0.833 bits per heavy atom. The average molecular weight is 181 g/mol. The van der Waals surface area contributed by atoms with Crippen LogP contribution >= 0.6 is 0 Å². The molecule has 0 amide bonds. The molecule has 0 saturated heterocycles. The van der Waals surface area contributed by atoms with Crippen molar-refractivity contribution in [2.24, 2.45) is 0 Å². The summed E-state index contributed by atoms with van der Waals surface area (Å²) in [6.07, 6.45) is 0. The van der Waals surface area contributed by atoms with Crippen LogP contribution < -0.4 is 0 Å². The van der Waals surface area contributed by atoms with Gasteiger partial charge < -0.3 is 23.7 Å². The van der Waals surface area contributed by atoms with Gasteiger partial charge in [-0.2, -0.15) is 0 Å². The van der Waals surface area contributed by atoms with Crippen molar-refractivity contribution in [2.75, 3.05) is 0 Å². The van der Waals surface area contributed by atoms with Gasteiger partial charge >= 0.3 is 19.5 Å². The first-order valence-electron chi connectivity index (χ1n) is 0.447. The van der Waals surface area contributed by atoms with Gasteiger partial charge in [-0.15, -0.1) is 0 Å². The molecule has 0 heterocycles. The smallest absolute Gasteiger partial charge is 0.512 e. The summed E-state index contributed by atoms with van der Waals surface area (Å²) in [6.45, 7) is 9.50. The van der Waals surface area contributed by atoms with E-state index >= 15 is 0 Å². The molecule has 0 aliphatic heterocycles. The van der Waals surface area contributed by atoms with Gasteiger partial charge in [0, 0.05) is 17.1 Å². The molecule has 31 valence electrons. The summed E-state index contributed by atoms with van der Waals surface area (Å²) in [5.74, 6) is 0. The molecule has 6 heavy (non-hydrogen) atoms. The van der Waals surface area contributed by atoms with Crippen LogP contribution in [0.4, 0.5) is 0 Å². The predicted molar refractivity (Wildman–Crippen MR) is 9.94 cm³/mol. The number of hydrogen-bond acceptors (Lipinski definition) is 2. The fourth-order valence-electron chi connectivity index (χ4n) is 0. The van der Waals surface area contributed by atoms with E-state index in [1.165, 1.54) is 0 Å². The molecular formula is C2CuN2Zn. The molecule has 0 fully saturated rings. The minimum atomic E-state index is 0. The maximum atomic E-state index is 6.25. The van der Waals surface area contributed by atoms with Gasteiger partial charge in [-0.3, -0.25) is 0 Å². The zero-order chi connectivity index (χ0) is 4.00. The van der Waals surface area contributed by atoms with Crippen molar-refractivity contribution in [3.63, 3.8) is 0 Å². The summed E-state index contributed by atoms with van der Waals surface area (Å²) in [7, 11) is 0. The number of nitrogens with zero attached hydrogens (tertiary/aromatic N) is 2. The molecule has 1 radical (unpaired) electrons. The van der Waals surface area contributed by atoms with E-state index < -0.39 is 0 Å². The predicted octanol–water partition coefficient (Wildman–Crippen LogP) is 0.188. The molecule has 0 spiro atoms. The molecule has 0 aromatic carbocycles. The summed E-state index contributed by atoms with van der Waals surface area (Å²) < 4.78 is 0. The van der Waals surface area contributed by atoms with E-state index in [0.29, 0.717) is 0 Å². The first kappa shape index (κ1) is 35.7. The average Bonchev–Trinajstić information content (AvgIpc) is 1.50. The van der Waals surface area contributed by atoms with Crippen molar-refractivity contribution < 1.29 is 36.5 Å². The van der Waals surface area contributed by atoms with E-state index in [1.54, 1.807) is 0 Å². The third-order valence-corrected chi connectivity index (χ3v) is 0. The van der Waals surface area contributed by atoms with Crippen molar-refractivity contribution in [2.45, 2.75) is 0 Å². The van der Waals surface area contributed by atoms with Crippen molar-refractivity contribution in [3.8, 4) is 0 Å². The normalized spacial score (nSPS) is 0.667. The molecule has 0 saturated carbocycles. The SMILES string of the molecule is [C-]#N.[C-]#N.[Cu].[Zn+2]. The van der Waals surface area contributed by atoms with Crippen LogP contribution in [0.1, 0.15) is 0 Å². The first-order chi connectivity index (χ1) is 2.00. The Balaban J connectivity index is -0.00000000500. The van der Waals surface area contributed by atoms with Crippen LogP contribution in [0.3, 0.4) is 0 Å². The van der Waals surface area contributed by atoms with Crippen molar-refractivity contribution in [1.82, 2.24) is 0 Å². The Kier molecular flexibility index (Phi) is 34300. The summed E-state index contributed by atoms with van der Waals surface area (Å²) in [6, 6.07) is 0. The summed E-state index contributed by atoms with van der Waals surface area (Å²) >= 11 is 0. The molecule has 0 aromatic heterocycles. The Labute approximate surface area is 60.4 Å². The van der Waals surface area contributed by atoms with Gasteiger partial charge in [-0.1, -0.05) is 0 Å². The van der Waals surface area contributed by atoms with Gasteiger partial charge in [0.1, 0.15) is 0 Å². The molecule has 0 aliphatic carbocycles. The third kappa shape index (κ3) is 2660. The molecule has 2 nitrogen and oxygen atoms in total. The largest absolute Gasteiger partial charge is 2.00 e. The summed E-state index contributed by atoms with van der Waals surface area (Å²) in [4.78, 5) is 0. The van der Waals surface area contributed by atoms with Crippen LogP contribution in [-0.2, 0) is 36.5 Å². The van der Waals surface area contributed by atoms with E-state index in [4.69, 9.17) is 23.7 Å². The monoisotopic (exact) mass is 179 g/mol. The summed E-state index contributed by atoms with van der Waals surface area (Å²) in [5.41, 5.74) is 0. The van der Waals surface area contributed by atoms with Gasteiger partial charge in [-0.05, 0) is 0 Å². The third-order valence-electron chi connectivity index (χ3n) is 0. The van der Waals surface area contributed by atoms with Crippen molar-refractivity contribution >= 4 is 0 Å². The minimum Gasteiger partial charge on any atom is -0.512 e. The Bertz CT molecular complexity index is 27.0. The van der Waals surface area contributed by atoms with Gasteiger partial charge in [-0.25, -0.2) is 0 Å². The maximum Gasteiger partial charge on any atom is 2.00 e. The number of hydrogen-bond donors (Lipinski definition) is 0. The fourth-order valence-corrected chi connectivity index (χ4v) is 0. The quantitative estimate of drug-likeness (QED) is 0.395. The first-order valence-corrected chi connectivity index (χ1v) is 0.447. The zero-order valence-electron chi connectivity index (χ0n) is 2.90. The van der Waals surface area contributed by atoms with Gasteiger partial charge in [0.25, 0.3) is 0 Å². The van der Waals surface area contributed by atoms with E-state index in [-0.39, 0.29) is 36.5 Å². The molecule has 0 N–H and O–H groups in total. The van der Waals surface area contributed by atoms with E-state index in [2.05, 4.69) is 0 Å². The van der Waals surface area contributed by atoms with Crippen LogP contribution in [0.5, 0.6) is 0 Å². The maximum absolute atomic E-state index is 6.25.